The van der Waals surface area contributed by atoms with Crippen LogP contribution in [0.5, 0.6) is 0 Å². The minimum atomic E-state index is 0.869. The maximum atomic E-state index is 3.75. The van der Waals surface area contributed by atoms with E-state index in [4.69, 9.17) is 0 Å². The molecule has 0 rings (SSSR count). The molecule has 0 fully saturated rings. The SMILES string of the molecule is [CH2]CN(C)CCN([CH2])C. The van der Waals surface area contributed by atoms with Crippen LogP contribution >= 0.6 is 0 Å². The highest BCUT2D eigenvalue weighted by Gasteiger charge is 1.93. The molecule has 0 aliphatic carbocycles. The second kappa shape index (κ2) is 4.77. The summed E-state index contributed by atoms with van der Waals surface area (Å²) < 4.78 is 0. The van der Waals surface area contributed by atoms with Gasteiger partial charge in [-0.2, -0.15) is 0 Å². The van der Waals surface area contributed by atoms with Gasteiger partial charge in [0.2, 0.25) is 0 Å². The van der Waals surface area contributed by atoms with Gasteiger partial charge in [0, 0.05) is 20.1 Å². The highest BCUT2D eigenvalue weighted by Crippen LogP contribution is 1.81. The van der Waals surface area contributed by atoms with Crippen molar-refractivity contribution in [3.8, 4) is 0 Å². The van der Waals surface area contributed by atoms with E-state index in [2.05, 4.69) is 25.9 Å². The molecule has 0 amide bonds. The van der Waals surface area contributed by atoms with Crippen molar-refractivity contribution < 1.29 is 0 Å². The number of hydrogen-bond donors (Lipinski definition) is 0. The Balaban J connectivity index is 3.06. The van der Waals surface area contributed by atoms with Crippen LogP contribution in [0.4, 0.5) is 0 Å². The van der Waals surface area contributed by atoms with Crippen LogP contribution < -0.4 is 0 Å². The number of hydrogen-bond acceptors (Lipinski definition) is 2. The summed E-state index contributed by atoms with van der Waals surface area (Å²) in [5.41, 5.74) is 0. The van der Waals surface area contributed by atoms with E-state index in [1.807, 2.05) is 11.9 Å². The Bertz CT molecular complexity index is 61.9. The van der Waals surface area contributed by atoms with Crippen molar-refractivity contribution in [3.05, 3.63) is 14.0 Å². The smallest absolute Gasteiger partial charge is 0.0107 e. The average molecular weight is 128 g/mol. The van der Waals surface area contributed by atoms with Crippen LogP contribution in [-0.4, -0.2) is 43.5 Å². The molecule has 0 N–H and O–H groups in total. The highest BCUT2D eigenvalue weighted by molar-refractivity contribution is 4.55. The molecular weight excluding hydrogens is 112 g/mol. The van der Waals surface area contributed by atoms with Gasteiger partial charge in [0.15, 0.2) is 0 Å². The Kier molecular flexibility index (Phi) is 4.72. The summed E-state index contributed by atoms with van der Waals surface area (Å²) in [6.07, 6.45) is 0. The molecule has 0 aliphatic rings. The predicted octanol–water partition coefficient (Wildman–Crippen LogP) is 0.476. The van der Waals surface area contributed by atoms with E-state index in [1.165, 1.54) is 0 Å². The molecule has 0 atom stereocenters. The Morgan fingerprint density at radius 1 is 1.22 bits per heavy atom. The first-order chi connectivity index (χ1) is 4.16. The van der Waals surface area contributed by atoms with Crippen molar-refractivity contribution in [2.75, 3.05) is 33.7 Å². The van der Waals surface area contributed by atoms with Crippen LogP contribution in [0.25, 0.3) is 0 Å². The zero-order chi connectivity index (χ0) is 7.28. The lowest BCUT2D eigenvalue weighted by molar-refractivity contribution is 0.315. The minimum absolute atomic E-state index is 0.869. The second-order valence-electron chi connectivity index (χ2n) is 2.38. The van der Waals surface area contributed by atoms with Gasteiger partial charge in [-0.15, -0.1) is 0 Å². The lowest BCUT2D eigenvalue weighted by Crippen LogP contribution is -2.27. The van der Waals surface area contributed by atoms with Crippen molar-refractivity contribution in [2.24, 2.45) is 0 Å². The molecule has 9 heavy (non-hydrogen) atoms. The largest absolute Gasteiger partial charge is 0.305 e. The molecule has 0 bridgehead atoms. The predicted molar refractivity (Wildman–Crippen MR) is 40.8 cm³/mol. The first-order valence-electron chi connectivity index (χ1n) is 3.16. The average Bonchev–Trinajstić information content (AvgIpc) is 1.83. The fourth-order valence-electron chi connectivity index (χ4n) is 0.453. The Hall–Kier alpha value is -0.0800. The quantitative estimate of drug-likeness (QED) is 0.543. The van der Waals surface area contributed by atoms with E-state index in [-0.39, 0.29) is 0 Å². The molecule has 54 valence electrons. The summed E-state index contributed by atoms with van der Waals surface area (Å²) in [6.45, 7) is 6.67. The summed E-state index contributed by atoms with van der Waals surface area (Å²) in [7, 11) is 7.75. The molecular formula is C7H16N2. The number of likely N-dealkylation sites (N-methyl/N-ethyl adjacent to an activating group) is 2. The highest BCUT2D eigenvalue weighted by atomic mass is 15.1. The number of rotatable bonds is 4. The zero-order valence-electron chi connectivity index (χ0n) is 6.43. The summed E-state index contributed by atoms with van der Waals surface area (Å²) in [6, 6.07) is 0. The van der Waals surface area contributed by atoms with Crippen molar-refractivity contribution in [1.29, 1.82) is 0 Å². The zero-order valence-corrected chi connectivity index (χ0v) is 6.43. The van der Waals surface area contributed by atoms with E-state index < -0.39 is 0 Å². The van der Waals surface area contributed by atoms with Gasteiger partial charge in [-0.1, -0.05) is 0 Å². The summed E-state index contributed by atoms with van der Waals surface area (Å²) >= 11 is 0. The van der Waals surface area contributed by atoms with E-state index in [9.17, 15) is 0 Å². The molecule has 0 aromatic rings. The Morgan fingerprint density at radius 2 is 1.78 bits per heavy atom. The van der Waals surface area contributed by atoms with Crippen LogP contribution in [0.3, 0.4) is 0 Å². The molecule has 0 aromatic carbocycles. The molecule has 0 aliphatic heterocycles. The molecule has 0 spiro atoms. The van der Waals surface area contributed by atoms with Crippen LogP contribution in [-0.2, 0) is 0 Å². The summed E-state index contributed by atoms with van der Waals surface area (Å²) in [5, 5.41) is 0. The van der Waals surface area contributed by atoms with Gasteiger partial charge in [0.05, 0.1) is 0 Å². The Labute approximate surface area is 58.4 Å². The van der Waals surface area contributed by atoms with Gasteiger partial charge in [0.25, 0.3) is 0 Å². The molecule has 2 radical (unpaired) electrons. The first-order valence-corrected chi connectivity index (χ1v) is 3.16. The third-order valence-corrected chi connectivity index (χ3v) is 1.25. The van der Waals surface area contributed by atoms with Crippen molar-refractivity contribution in [3.63, 3.8) is 0 Å². The Morgan fingerprint density at radius 3 is 2.11 bits per heavy atom. The maximum absolute atomic E-state index is 3.75. The van der Waals surface area contributed by atoms with Crippen molar-refractivity contribution >= 4 is 0 Å². The first kappa shape index (κ1) is 8.92. The standard InChI is InChI=1S/C7H16N2/c1-5-9(4)7-6-8(2)3/h1-2,5-7H2,3-4H3. The fraction of sp³-hybridized carbons (Fsp3) is 0.714. The van der Waals surface area contributed by atoms with Gasteiger partial charge < -0.3 is 9.80 Å². The third kappa shape index (κ3) is 5.80. The van der Waals surface area contributed by atoms with Gasteiger partial charge in [-0.25, -0.2) is 0 Å². The van der Waals surface area contributed by atoms with E-state index in [0.29, 0.717) is 0 Å². The van der Waals surface area contributed by atoms with E-state index in [0.717, 1.165) is 19.6 Å². The van der Waals surface area contributed by atoms with Crippen molar-refractivity contribution in [2.45, 2.75) is 0 Å². The molecule has 2 nitrogen and oxygen atoms in total. The second-order valence-corrected chi connectivity index (χ2v) is 2.38. The van der Waals surface area contributed by atoms with Gasteiger partial charge >= 0.3 is 0 Å². The third-order valence-electron chi connectivity index (χ3n) is 1.25. The molecule has 0 saturated carbocycles. The lowest BCUT2D eigenvalue weighted by atomic mass is 10.5. The van der Waals surface area contributed by atoms with Crippen LogP contribution in [0.2, 0.25) is 0 Å². The molecule has 2 heteroatoms. The molecule has 0 aromatic heterocycles. The van der Waals surface area contributed by atoms with Gasteiger partial charge in [0.1, 0.15) is 0 Å². The summed E-state index contributed by atoms with van der Waals surface area (Å²) in [5.74, 6) is 0. The summed E-state index contributed by atoms with van der Waals surface area (Å²) in [4.78, 5) is 4.08. The van der Waals surface area contributed by atoms with Crippen LogP contribution in [0.1, 0.15) is 0 Å². The van der Waals surface area contributed by atoms with Crippen LogP contribution in [0.15, 0.2) is 0 Å². The minimum Gasteiger partial charge on any atom is -0.305 e. The number of nitrogens with zero attached hydrogens (tertiary/aromatic N) is 2. The molecule has 0 unspecified atom stereocenters. The lowest BCUT2D eigenvalue weighted by Gasteiger charge is -2.16. The normalized spacial score (nSPS) is 11.3. The maximum Gasteiger partial charge on any atom is 0.0107 e. The topological polar surface area (TPSA) is 6.48 Å². The van der Waals surface area contributed by atoms with E-state index in [1.54, 1.807) is 0 Å². The van der Waals surface area contributed by atoms with Crippen molar-refractivity contribution in [1.82, 2.24) is 9.80 Å². The fourth-order valence-corrected chi connectivity index (χ4v) is 0.453. The molecule has 0 heterocycles. The van der Waals surface area contributed by atoms with Gasteiger partial charge in [-0.05, 0) is 27.6 Å². The van der Waals surface area contributed by atoms with Gasteiger partial charge in [-0.3, -0.25) is 0 Å². The monoisotopic (exact) mass is 128 g/mol. The van der Waals surface area contributed by atoms with Crippen LogP contribution in [0, 0.1) is 14.0 Å². The van der Waals surface area contributed by atoms with E-state index >= 15 is 0 Å². The molecule has 0 saturated heterocycles.